The van der Waals surface area contributed by atoms with Gasteiger partial charge in [-0.1, -0.05) is 0 Å². The smallest absolute Gasteiger partial charge is 0.224 e. The number of nitrogens with one attached hydrogen (secondary N) is 1. The van der Waals surface area contributed by atoms with E-state index in [9.17, 15) is 4.79 Å². The maximum absolute atomic E-state index is 11.8. The van der Waals surface area contributed by atoms with Gasteiger partial charge in [-0.2, -0.15) is 0 Å². The number of hydrogen-bond donors (Lipinski definition) is 1. The van der Waals surface area contributed by atoms with E-state index < -0.39 is 0 Å². The first-order chi connectivity index (χ1) is 6.97. The summed E-state index contributed by atoms with van der Waals surface area (Å²) in [6, 6.07) is 0.501. The molecule has 0 bridgehead atoms. The van der Waals surface area contributed by atoms with Crippen molar-refractivity contribution in [2.45, 2.75) is 51.6 Å². The molecule has 1 N–H and O–H groups in total. The minimum Gasteiger partial charge on any atom is -0.353 e. The van der Waals surface area contributed by atoms with E-state index in [4.69, 9.17) is 0 Å². The molecule has 1 atom stereocenters. The fraction of sp³-hybridized carbons (Fsp3) is 0.917. The number of hydrogen-bond acceptors (Lipinski definition) is 2. The molecule has 0 aromatic rings. The molecule has 2 rings (SSSR count). The van der Waals surface area contributed by atoms with E-state index in [1.165, 1.54) is 12.8 Å². The number of amides is 1. The number of rotatable bonds is 2. The molecule has 2 aliphatic rings. The molecule has 1 aliphatic carbocycles. The van der Waals surface area contributed by atoms with Crippen LogP contribution in [0.15, 0.2) is 0 Å². The van der Waals surface area contributed by atoms with Gasteiger partial charge in [0.1, 0.15) is 0 Å². The fourth-order valence-electron chi connectivity index (χ4n) is 2.13. The Morgan fingerprint density at radius 2 is 1.93 bits per heavy atom. The van der Waals surface area contributed by atoms with E-state index >= 15 is 0 Å². The largest absolute Gasteiger partial charge is 0.353 e. The molecule has 86 valence electrons. The van der Waals surface area contributed by atoms with Gasteiger partial charge in [-0.05, 0) is 46.6 Å². The van der Waals surface area contributed by atoms with Crippen LogP contribution in [0, 0.1) is 5.92 Å². The van der Waals surface area contributed by atoms with Crippen molar-refractivity contribution < 1.29 is 4.79 Å². The first-order valence-corrected chi connectivity index (χ1v) is 6.02. The molecule has 1 aliphatic heterocycles. The minimum atomic E-state index is 0.203. The lowest BCUT2D eigenvalue weighted by Gasteiger charge is -2.31. The van der Waals surface area contributed by atoms with Crippen molar-refractivity contribution in [2.24, 2.45) is 5.92 Å². The molecule has 0 aromatic heterocycles. The van der Waals surface area contributed by atoms with Crippen molar-refractivity contribution >= 4 is 5.91 Å². The van der Waals surface area contributed by atoms with E-state index in [0.717, 1.165) is 19.5 Å². The second-order valence-corrected chi connectivity index (χ2v) is 5.89. The quantitative estimate of drug-likeness (QED) is 0.747. The second-order valence-electron chi connectivity index (χ2n) is 5.89. The molecule has 1 saturated heterocycles. The van der Waals surface area contributed by atoms with Crippen LogP contribution in [0.25, 0.3) is 0 Å². The normalized spacial score (nSPS) is 28.1. The summed E-state index contributed by atoms with van der Waals surface area (Å²) in [7, 11) is 0. The molecule has 0 aromatic carbocycles. The van der Waals surface area contributed by atoms with Gasteiger partial charge >= 0.3 is 0 Å². The van der Waals surface area contributed by atoms with E-state index in [1.807, 2.05) is 0 Å². The highest BCUT2D eigenvalue weighted by Gasteiger charge is 2.35. The molecular weight excluding hydrogens is 188 g/mol. The van der Waals surface area contributed by atoms with Gasteiger partial charge in [0, 0.05) is 18.1 Å². The van der Waals surface area contributed by atoms with Crippen LogP contribution in [0.1, 0.15) is 40.0 Å². The maximum atomic E-state index is 11.8. The van der Waals surface area contributed by atoms with Crippen LogP contribution in [0.4, 0.5) is 0 Å². The van der Waals surface area contributed by atoms with E-state index in [0.29, 0.717) is 6.04 Å². The van der Waals surface area contributed by atoms with Gasteiger partial charge in [0.05, 0.1) is 5.92 Å². The molecule has 1 heterocycles. The Morgan fingerprint density at radius 1 is 1.27 bits per heavy atom. The molecule has 1 amide bonds. The summed E-state index contributed by atoms with van der Waals surface area (Å²) in [4.78, 5) is 14.2. The average molecular weight is 210 g/mol. The van der Waals surface area contributed by atoms with Crippen LogP contribution in [0.5, 0.6) is 0 Å². The highest BCUT2D eigenvalue weighted by molar-refractivity contribution is 5.79. The van der Waals surface area contributed by atoms with Crippen molar-refractivity contribution in [1.29, 1.82) is 0 Å². The van der Waals surface area contributed by atoms with Gasteiger partial charge in [0.2, 0.25) is 5.91 Å². The first-order valence-electron chi connectivity index (χ1n) is 6.02. The first kappa shape index (κ1) is 10.9. The zero-order valence-corrected chi connectivity index (χ0v) is 10.0. The van der Waals surface area contributed by atoms with Crippen molar-refractivity contribution in [3.63, 3.8) is 0 Å². The fourth-order valence-corrected chi connectivity index (χ4v) is 2.13. The van der Waals surface area contributed by atoms with Crippen LogP contribution < -0.4 is 5.32 Å². The zero-order chi connectivity index (χ0) is 11.1. The third-order valence-corrected chi connectivity index (χ3v) is 3.43. The Labute approximate surface area is 92.2 Å². The lowest BCUT2D eigenvalue weighted by atomic mass is 10.1. The second kappa shape index (κ2) is 3.78. The summed E-state index contributed by atoms with van der Waals surface area (Å²) in [6.45, 7) is 8.64. The summed E-state index contributed by atoms with van der Waals surface area (Å²) >= 11 is 0. The van der Waals surface area contributed by atoms with Crippen molar-refractivity contribution in [3.05, 3.63) is 0 Å². The summed E-state index contributed by atoms with van der Waals surface area (Å²) in [6.07, 6.45) is 3.39. The molecule has 3 heteroatoms. The monoisotopic (exact) mass is 210 g/mol. The highest BCUT2D eigenvalue weighted by Crippen LogP contribution is 2.26. The van der Waals surface area contributed by atoms with Crippen molar-refractivity contribution in [2.75, 3.05) is 13.1 Å². The highest BCUT2D eigenvalue weighted by atomic mass is 16.2. The third-order valence-electron chi connectivity index (χ3n) is 3.43. The predicted octanol–water partition coefficient (Wildman–Crippen LogP) is 1.39. The molecular formula is C12H22N2O. The summed E-state index contributed by atoms with van der Waals surface area (Å²) < 4.78 is 0. The SMILES string of the molecule is CC(C)(C)N1CC[C@@H](C(=O)NC2CC2)C1. The number of likely N-dealkylation sites (tertiary alicyclic amines) is 1. The molecule has 1 saturated carbocycles. The van der Waals surface area contributed by atoms with Gasteiger partial charge in [0.15, 0.2) is 0 Å². The van der Waals surface area contributed by atoms with Gasteiger partial charge in [-0.15, -0.1) is 0 Å². The van der Waals surface area contributed by atoms with Crippen LogP contribution in [0.3, 0.4) is 0 Å². The van der Waals surface area contributed by atoms with Crippen molar-refractivity contribution in [3.8, 4) is 0 Å². The third kappa shape index (κ3) is 2.71. The number of carbonyl (C=O) groups is 1. The van der Waals surface area contributed by atoms with Crippen LogP contribution in [0.2, 0.25) is 0 Å². The Balaban J connectivity index is 1.83. The van der Waals surface area contributed by atoms with E-state index in [1.54, 1.807) is 0 Å². The standard InChI is InChI=1S/C12H22N2O/c1-12(2,3)14-7-6-9(8-14)11(15)13-10-4-5-10/h9-10H,4-8H2,1-3H3,(H,13,15)/t9-/m1/s1. The number of carbonyl (C=O) groups excluding carboxylic acids is 1. The Kier molecular flexibility index (Phi) is 2.75. The van der Waals surface area contributed by atoms with Gasteiger partial charge in [0.25, 0.3) is 0 Å². The van der Waals surface area contributed by atoms with Gasteiger partial charge < -0.3 is 5.32 Å². The van der Waals surface area contributed by atoms with Gasteiger partial charge in [-0.25, -0.2) is 0 Å². The molecule has 15 heavy (non-hydrogen) atoms. The van der Waals surface area contributed by atoms with Crippen LogP contribution in [-0.4, -0.2) is 35.5 Å². The van der Waals surface area contributed by atoms with E-state index in [-0.39, 0.29) is 17.4 Å². The topological polar surface area (TPSA) is 32.3 Å². The Hall–Kier alpha value is -0.570. The summed E-state index contributed by atoms with van der Waals surface area (Å²) in [5, 5.41) is 3.10. The van der Waals surface area contributed by atoms with Crippen LogP contribution in [-0.2, 0) is 4.79 Å². The Bertz CT molecular complexity index is 253. The molecule has 0 unspecified atom stereocenters. The predicted molar refractivity (Wildman–Crippen MR) is 60.6 cm³/mol. The molecule has 2 fully saturated rings. The zero-order valence-electron chi connectivity index (χ0n) is 10.0. The van der Waals surface area contributed by atoms with Crippen LogP contribution >= 0.6 is 0 Å². The molecule has 0 radical (unpaired) electrons. The van der Waals surface area contributed by atoms with E-state index in [2.05, 4.69) is 31.0 Å². The summed E-state index contributed by atoms with van der Waals surface area (Å²) in [5.74, 6) is 0.508. The Morgan fingerprint density at radius 3 is 2.40 bits per heavy atom. The van der Waals surface area contributed by atoms with Crippen molar-refractivity contribution in [1.82, 2.24) is 10.2 Å². The minimum absolute atomic E-state index is 0.203. The summed E-state index contributed by atoms with van der Waals surface area (Å²) in [5.41, 5.74) is 0.203. The molecule has 3 nitrogen and oxygen atoms in total. The average Bonchev–Trinajstić information content (AvgIpc) is 2.80. The maximum Gasteiger partial charge on any atom is 0.224 e. The van der Waals surface area contributed by atoms with Gasteiger partial charge in [-0.3, -0.25) is 9.69 Å². The number of nitrogens with zero attached hydrogens (tertiary/aromatic N) is 1. The lowest BCUT2D eigenvalue weighted by Crippen LogP contribution is -2.41. The lowest BCUT2D eigenvalue weighted by molar-refractivity contribution is -0.124. The molecule has 0 spiro atoms.